The van der Waals surface area contributed by atoms with Gasteiger partial charge in [0.1, 0.15) is 18.4 Å². The molecule has 0 aromatic heterocycles. The van der Waals surface area contributed by atoms with Crippen molar-refractivity contribution in [3.8, 4) is 0 Å². The van der Waals surface area contributed by atoms with Crippen LogP contribution in [0.3, 0.4) is 0 Å². The van der Waals surface area contributed by atoms with E-state index >= 15 is 0 Å². The molecule has 0 heterocycles. The number of rotatable bonds is 6. The number of hydrogen-bond acceptors (Lipinski definition) is 1. The normalized spacial score (nSPS) is 12.5. The largest absolute Gasteiger partial charge is 0.340 e. The summed E-state index contributed by atoms with van der Waals surface area (Å²) >= 11 is 0. The van der Waals surface area contributed by atoms with Crippen LogP contribution in [-0.4, -0.2) is 26.5 Å². The van der Waals surface area contributed by atoms with E-state index < -0.39 is 0 Å². The average molecular weight is 313 g/mol. The molecule has 0 saturated carbocycles. The molecule has 0 saturated heterocycles. The van der Waals surface area contributed by atoms with Gasteiger partial charge in [-0.15, -0.1) is 0 Å². The fourth-order valence-electron chi connectivity index (χ4n) is 2.34. The molecule has 1 amide bonds. The first kappa shape index (κ1) is 16.9. The maximum Gasteiger partial charge on any atom is 0.244 e. The number of halogens is 1. The lowest BCUT2D eigenvalue weighted by atomic mass is 10.1. The average Bonchev–Trinajstić information content (AvgIpc) is 2.54. The van der Waals surface area contributed by atoms with Gasteiger partial charge in [0, 0.05) is 11.6 Å². The van der Waals surface area contributed by atoms with Gasteiger partial charge in [0.05, 0.1) is 14.1 Å². The smallest absolute Gasteiger partial charge is 0.244 e. The molecule has 1 atom stereocenters. The molecule has 0 aliphatic carbocycles. The van der Waals surface area contributed by atoms with Gasteiger partial charge in [0.15, 0.2) is 0 Å². The van der Waals surface area contributed by atoms with Crippen molar-refractivity contribution in [3.63, 3.8) is 0 Å². The summed E-state index contributed by atoms with van der Waals surface area (Å²) in [5.74, 6) is -0.572. The summed E-state index contributed by atoms with van der Waals surface area (Å²) in [6.45, 7) is 0.767. The summed E-state index contributed by atoms with van der Waals surface area (Å²) in [6.07, 6.45) is 2.87. The first-order chi connectivity index (χ1) is 11.1. The third-order valence-electron chi connectivity index (χ3n) is 3.45. The van der Waals surface area contributed by atoms with E-state index in [-0.39, 0.29) is 17.8 Å². The number of carbonyl (C=O) groups excluding carboxylic acids is 1. The summed E-state index contributed by atoms with van der Waals surface area (Å²) < 4.78 is 13.6. The third-order valence-corrected chi connectivity index (χ3v) is 3.45. The van der Waals surface area contributed by atoms with Crippen LogP contribution >= 0.6 is 0 Å². The Kier molecular flexibility index (Phi) is 6.06. The van der Waals surface area contributed by atoms with Gasteiger partial charge in [-0.05, 0) is 17.7 Å². The highest BCUT2D eigenvalue weighted by atomic mass is 19.1. The van der Waals surface area contributed by atoms with Crippen molar-refractivity contribution >= 4 is 12.0 Å². The summed E-state index contributed by atoms with van der Waals surface area (Å²) in [5, 5.41) is 2.99. The van der Waals surface area contributed by atoms with Crippen LogP contribution in [0.2, 0.25) is 0 Å². The molecule has 0 spiro atoms. The molecule has 120 valence electrons. The van der Waals surface area contributed by atoms with E-state index in [0.717, 1.165) is 12.1 Å². The SMILES string of the molecule is C[NH+](C)C[C@@H](NC(=O)/C=C/c1ccccc1F)c1ccccc1. The second-order valence-corrected chi connectivity index (χ2v) is 5.74. The van der Waals surface area contributed by atoms with E-state index in [1.807, 2.05) is 44.4 Å². The number of likely N-dealkylation sites (N-methyl/N-ethyl adjacent to an activating group) is 1. The lowest BCUT2D eigenvalue weighted by Crippen LogP contribution is -3.06. The van der Waals surface area contributed by atoms with E-state index in [0.29, 0.717) is 5.56 Å². The first-order valence-corrected chi connectivity index (χ1v) is 7.63. The van der Waals surface area contributed by atoms with E-state index in [9.17, 15) is 9.18 Å². The zero-order valence-corrected chi connectivity index (χ0v) is 13.4. The minimum absolute atomic E-state index is 0.0843. The molecule has 0 radical (unpaired) electrons. The molecule has 0 bridgehead atoms. The van der Waals surface area contributed by atoms with Crippen molar-refractivity contribution in [2.45, 2.75) is 6.04 Å². The molecule has 0 aliphatic heterocycles. The molecule has 2 rings (SSSR count). The van der Waals surface area contributed by atoms with Crippen molar-refractivity contribution in [1.82, 2.24) is 5.32 Å². The van der Waals surface area contributed by atoms with E-state index in [1.165, 1.54) is 23.1 Å². The molecular formula is C19H22FN2O+. The minimum atomic E-state index is -0.339. The van der Waals surface area contributed by atoms with Gasteiger partial charge in [-0.3, -0.25) is 4.79 Å². The van der Waals surface area contributed by atoms with Gasteiger partial charge in [0.25, 0.3) is 0 Å². The number of quaternary nitrogens is 1. The minimum Gasteiger partial charge on any atom is -0.340 e. The van der Waals surface area contributed by atoms with Gasteiger partial charge in [-0.25, -0.2) is 4.39 Å². The van der Waals surface area contributed by atoms with Gasteiger partial charge in [-0.1, -0.05) is 48.5 Å². The fraction of sp³-hybridized carbons (Fsp3) is 0.211. The van der Waals surface area contributed by atoms with Crippen LogP contribution in [0.4, 0.5) is 4.39 Å². The Morgan fingerprint density at radius 2 is 1.78 bits per heavy atom. The second-order valence-electron chi connectivity index (χ2n) is 5.74. The molecule has 3 nitrogen and oxygen atoms in total. The number of amides is 1. The van der Waals surface area contributed by atoms with Crippen molar-refractivity contribution < 1.29 is 14.1 Å². The van der Waals surface area contributed by atoms with Gasteiger partial charge < -0.3 is 10.2 Å². The third kappa shape index (κ3) is 5.34. The van der Waals surface area contributed by atoms with Crippen LogP contribution in [0.15, 0.2) is 60.7 Å². The Morgan fingerprint density at radius 1 is 1.13 bits per heavy atom. The maximum absolute atomic E-state index is 13.6. The maximum atomic E-state index is 13.6. The monoisotopic (exact) mass is 313 g/mol. The fourth-order valence-corrected chi connectivity index (χ4v) is 2.34. The topological polar surface area (TPSA) is 33.5 Å². The predicted molar refractivity (Wildman–Crippen MR) is 90.4 cm³/mol. The van der Waals surface area contributed by atoms with E-state index in [1.54, 1.807) is 18.2 Å². The Labute approximate surface area is 136 Å². The number of nitrogens with one attached hydrogen (secondary N) is 2. The highest BCUT2D eigenvalue weighted by molar-refractivity contribution is 5.92. The zero-order chi connectivity index (χ0) is 16.7. The molecule has 2 N–H and O–H groups in total. The van der Waals surface area contributed by atoms with Crippen LogP contribution in [0.5, 0.6) is 0 Å². The summed E-state index contributed by atoms with van der Waals surface area (Å²) in [6, 6.07) is 16.1. The van der Waals surface area contributed by atoms with Crippen LogP contribution in [0, 0.1) is 5.82 Å². The highest BCUT2D eigenvalue weighted by Crippen LogP contribution is 2.11. The summed E-state index contributed by atoms with van der Waals surface area (Å²) in [7, 11) is 4.08. The standard InChI is InChI=1S/C19H21FN2O/c1-22(2)14-18(16-9-4-3-5-10-16)21-19(23)13-12-15-8-6-7-11-17(15)20/h3-13,18H,14H2,1-2H3,(H,21,23)/p+1/b13-12+/t18-/m1/s1. The predicted octanol–water partition coefficient (Wildman–Crippen LogP) is 1.84. The molecule has 0 aliphatic rings. The van der Waals surface area contributed by atoms with E-state index in [4.69, 9.17) is 0 Å². The molecule has 2 aromatic rings. The van der Waals surface area contributed by atoms with Crippen molar-refractivity contribution in [1.29, 1.82) is 0 Å². The number of hydrogen-bond donors (Lipinski definition) is 2. The second kappa shape index (κ2) is 8.25. The molecule has 4 heteroatoms. The Balaban J connectivity index is 2.07. The quantitative estimate of drug-likeness (QED) is 0.784. The van der Waals surface area contributed by atoms with Gasteiger partial charge in [0.2, 0.25) is 5.91 Å². The molecule has 2 aromatic carbocycles. The Bertz CT molecular complexity index is 668. The first-order valence-electron chi connectivity index (χ1n) is 7.63. The van der Waals surface area contributed by atoms with Gasteiger partial charge in [-0.2, -0.15) is 0 Å². The van der Waals surface area contributed by atoms with E-state index in [2.05, 4.69) is 5.32 Å². The van der Waals surface area contributed by atoms with Crippen LogP contribution in [0.1, 0.15) is 17.2 Å². The van der Waals surface area contributed by atoms with Crippen molar-refractivity contribution in [2.75, 3.05) is 20.6 Å². The van der Waals surface area contributed by atoms with Crippen LogP contribution in [-0.2, 0) is 4.79 Å². The lowest BCUT2D eigenvalue weighted by Gasteiger charge is -2.20. The zero-order valence-electron chi connectivity index (χ0n) is 13.4. The Morgan fingerprint density at radius 3 is 2.43 bits per heavy atom. The van der Waals surface area contributed by atoms with Crippen LogP contribution < -0.4 is 10.2 Å². The van der Waals surface area contributed by atoms with Crippen LogP contribution in [0.25, 0.3) is 6.08 Å². The summed E-state index contributed by atoms with van der Waals surface area (Å²) in [5.41, 5.74) is 1.46. The highest BCUT2D eigenvalue weighted by Gasteiger charge is 2.16. The summed E-state index contributed by atoms with van der Waals surface area (Å²) in [4.78, 5) is 13.4. The molecule has 0 fully saturated rings. The molecular weight excluding hydrogens is 291 g/mol. The lowest BCUT2D eigenvalue weighted by molar-refractivity contribution is -0.860. The van der Waals surface area contributed by atoms with Gasteiger partial charge >= 0.3 is 0 Å². The number of carbonyl (C=O) groups is 1. The van der Waals surface area contributed by atoms with Crippen molar-refractivity contribution in [3.05, 3.63) is 77.6 Å². The number of benzene rings is 2. The Hall–Kier alpha value is -2.46. The molecule has 0 unspecified atom stereocenters. The molecule has 23 heavy (non-hydrogen) atoms. The van der Waals surface area contributed by atoms with Crippen molar-refractivity contribution in [2.24, 2.45) is 0 Å².